The Morgan fingerprint density at radius 2 is 2.00 bits per heavy atom. The number of carbonyl (C=O) groups is 2. The molecule has 1 aromatic carbocycles. The second kappa shape index (κ2) is 6.71. The van der Waals surface area contributed by atoms with E-state index in [0.29, 0.717) is 17.2 Å². The first-order valence-corrected chi connectivity index (χ1v) is 8.38. The quantitative estimate of drug-likeness (QED) is 0.777. The molecule has 1 aliphatic carbocycles. The molecule has 1 saturated carbocycles. The first-order valence-electron chi connectivity index (χ1n) is 7.34. The number of rotatable bonds is 5. The van der Waals surface area contributed by atoms with E-state index < -0.39 is 6.29 Å². The second-order valence-electron chi connectivity index (χ2n) is 5.45. The minimum atomic E-state index is -0.552. The molecule has 1 aromatic rings. The van der Waals surface area contributed by atoms with Gasteiger partial charge < -0.3 is 14.2 Å². The zero-order valence-electron chi connectivity index (χ0n) is 12.3. The maximum Gasteiger partial charge on any atom is 0.338 e. The molecule has 2 aliphatic rings. The summed E-state index contributed by atoms with van der Waals surface area (Å²) < 4.78 is 16.4. The van der Waals surface area contributed by atoms with E-state index in [1.165, 1.54) is 18.7 Å². The molecular formula is C16H18O5S. The lowest BCUT2D eigenvalue weighted by molar-refractivity contribution is -0.176. The Hall–Kier alpha value is -1.53. The lowest BCUT2D eigenvalue weighted by Crippen LogP contribution is -2.32. The van der Waals surface area contributed by atoms with Gasteiger partial charge in [-0.1, -0.05) is 18.2 Å². The molecule has 1 aliphatic heterocycles. The van der Waals surface area contributed by atoms with Crippen LogP contribution in [0, 0.1) is 5.92 Å². The van der Waals surface area contributed by atoms with Crippen LogP contribution in [0.4, 0.5) is 0 Å². The Morgan fingerprint density at radius 3 is 2.64 bits per heavy atom. The van der Waals surface area contributed by atoms with Crippen LogP contribution in [0.1, 0.15) is 30.1 Å². The Morgan fingerprint density at radius 1 is 1.27 bits per heavy atom. The summed E-state index contributed by atoms with van der Waals surface area (Å²) in [5.74, 6) is 0.200. The number of carbonyl (C=O) groups excluding carboxylic acids is 2. The van der Waals surface area contributed by atoms with E-state index in [4.69, 9.17) is 14.2 Å². The van der Waals surface area contributed by atoms with Crippen LogP contribution >= 0.6 is 11.8 Å². The molecule has 0 radical (unpaired) electrons. The summed E-state index contributed by atoms with van der Waals surface area (Å²) in [4.78, 5) is 23.2. The molecule has 5 nitrogen and oxygen atoms in total. The van der Waals surface area contributed by atoms with Gasteiger partial charge in [0.1, 0.15) is 11.5 Å². The summed E-state index contributed by atoms with van der Waals surface area (Å²) in [6.45, 7) is 1.36. The standard InChI is InChI=1S/C16H18O5S/c1-10(17)19-13-9-22-16(20-13)14(11-7-8-11)21-15(18)12-5-3-2-4-6-12/h2-6,11,13-14,16H,7-9H2,1H3/t13?,14?,16-/m0/s1. The smallest absolute Gasteiger partial charge is 0.338 e. The van der Waals surface area contributed by atoms with Gasteiger partial charge in [0.2, 0.25) is 6.29 Å². The van der Waals surface area contributed by atoms with Crippen molar-refractivity contribution in [1.29, 1.82) is 0 Å². The highest BCUT2D eigenvalue weighted by molar-refractivity contribution is 8.00. The normalized spacial score (nSPS) is 25.5. The van der Waals surface area contributed by atoms with Gasteiger partial charge in [0, 0.05) is 6.92 Å². The van der Waals surface area contributed by atoms with E-state index >= 15 is 0 Å². The fourth-order valence-electron chi connectivity index (χ4n) is 2.39. The van der Waals surface area contributed by atoms with E-state index in [9.17, 15) is 9.59 Å². The van der Waals surface area contributed by atoms with Crippen LogP contribution in [0.2, 0.25) is 0 Å². The van der Waals surface area contributed by atoms with Crippen LogP contribution in [0.5, 0.6) is 0 Å². The molecule has 3 atom stereocenters. The van der Waals surface area contributed by atoms with Gasteiger partial charge in [0.05, 0.1) is 11.3 Å². The monoisotopic (exact) mass is 322 g/mol. The largest absolute Gasteiger partial charge is 0.455 e. The van der Waals surface area contributed by atoms with Crippen molar-refractivity contribution < 1.29 is 23.8 Å². The van der Waals surface area contributed by atoms with Crippen molar-refractivity contribution >= 4 is 23.7 Å². The Balaban J connectivity index is 1.62. The number of benzene rings is 1. The third kappa shape index (κ3) is 3.81. The summed E-state index contributed by atoms with van der Waals surface area (Å²) in [6, 6.07) is 8.93. The molecule has 6 heteroatoms. The van der Waals surface area contributed by atoms with Gasteiger partial charge in [-0.25, -0.2) is 4.79 Å². The average Bonchev–Trinajstić information content (AvgIpc) is 3.25. The van der Waals surface area contributed by atoms with Gasteiger partial charge in [-0.2, -0.15) is 0 Å². The summed E-state index contributed by atoms with van der Waals surface area (Å²) in [7, 11) is 0. The first-order chi connectivity index (χ1) is 10.6. The lowest BCUT2D eigenvalue weighted by atomic mass is 10.2. The molecule has 0 amide bonds. The fourth-order valence-corrected chi connectivity index (χ4v) is 3.55. The molecule has 0 N–H and O–H groups in total. The summed E-state index contributed by atoms with van der Waals surface area (Å²) in [5, 5.41) is 0. The zero-order chi connectivity index (χ0) is 15.5. The highest BCUT2D eigenvalue weighted by Gasteiger charge is 2.44. The number of thioether (sulfide) groups is 1. The average molecular weight is 322 g/mol. The number of esters is 2. The topological polar surface area (TPSA) is 61.8 Å². The fraction of sp³-hybridized carbons (Fsp3) is 0.500. The van der Waals surface area contributed by atoms with Gasteiger partial charge in [-0.05, 0) is 30.9 Å². The third-order valence-corrected chi connectivity index (χ3v) is 4.76. The van der Waals surface area contributed by atoms with Crippen molar-refractivity contribution in [3.63, 3.8) is 0 Å². The molecule has 1 heterocycles. The Labute approximate surface area is 133 Å². The van der Waals surface area contributed by atoms with Crippen LogP contribution < -0.4 is 0 Å². The predicted octanol–water partition coefficient (Wildman–Crippen LogP) is 2.60. The van der Waals surface area contributed by atoms with Crippen LogP contribution in [-0.4, -0.2) is 35.5 Å². The first kappa shape index (κ1) is 15.4. The minimum absolute atomic E-state index is 0.274. The van der Waals surface area contributed by atoms with Crippen molar-refractivity contribution in [2.24, 2.45) is 5.92 Å². The van der Waals surface area contributed by atoms with Gasteiger partial charge >= 0.3 is 11.9 Å². The van der Waals surface area contributed by atoms with Crippen molar-refractivity contribution in [3.8, 4) is 0 Å². The predicted molar refractivity (Wildman–Crippen MR) is 81.3 cm³/mol. The highest BCUT2D eigenvalue weighted by Crippen LogP contribution is 2.42. The Kier molecular flexibility index (Phi) is 4.69. The molecule has 2 unspecified atom stereocenters. The van der Waals surface area contributed by atoms with Crippen molar-refractivity contribution in [2.75, 3.05) is 5.75 Å². The molecule has 22 heavy (non-hydrogen) atoms. The molecule has 1 saturated heterocycles. The van der Waals surface area contributed by atoms with Gasteiger partial charge in [0.25, 0.3) is 0 Å². The van der Waals surface area contributed by atoms with E-state index in [2.05, 4.69) is 0 Å². The van der Waals surface area contributed by atoms with Crippen LogP contribution in [-0.2, 0) is 19.0 Å². The maximum absolute atomic E-state index is 12.2. The molecular weight excluding hydrogens is 304 g/mol. The van der Waals surface area contributed by atoms with Crippen LogP contribution in [0.3, 0.4) is 0 Å². The number of hydrogen-bond donors (Lipinski definition) is 0. The second-order valence-corrected chi connectivity index (χ2v) is 6.58. The van der Waals surface area contributed by atoms with Gasteiger partial charge in [-0.15, -0.1) is 11.8 Å². The highest BCUT2D eigenvalue weighted by atomic mass is 32.2. The lowest BCUT2D eigenvalue weighted by Gasteiger charge is -2.23. The summed E-state index contributed by atoms with van der Waals surface area (Å²) >= 11 is 1.53. The molecule has 0 bridgehead atoms. The number of hydrogen-bond acceptors (Lipinski definition) is 6. The van der Waals surface area contributed by atoms with Crippen molar-refractivity contribution in [3.05, 3.63) is 35.9 Å². The van der Waals surface area contributed by atoms with E-state index in [0.717, 1.165) is 12.8 Å². The SMILES string of the molecule is CC(=O)OC1CS[C@@H](C(OC(=O)c2ccccc2)C2CC2)O1. The third-order valence-electron chi connectivity index (χ3n) is 3.59. The van der Waals surface area contributed by atoms with Crippen molar-refractivity contribution in [2.45, 2.75) is 37.6 Å². The Bertz CT molecular complexity index is 543. The van der Waals surface area contributed by atoms with E-state index in [1.807, 2.05) is 6.07 Å². The summed E-state index contributed by atoms with van der Waals surface area (Å²) in [5.41, 5.74) is 0.261. The molecule has 0 spiro atoms. The van der Waals surface area contributed by atoms with Gasteiger partial charge in [-0.3, -0.25) is 4.79 Å². The zero-order valence-corrected chi connectivity index (χ0v) is 13.1. The molecule has 0 aromatic heterocycles. The van der Waals surface area contributed by atoms with Crippen LogP contribution in [0.25, 0.3) is 0 Å². The number of ether oxygens (including phenoxy) is 3. The van der Waals surface area contributed by atoms with Crippen molar-refractivity contribution in [1.82, 2.24) is 0 Å². The molecule has 2 fully saturated rings. The van der Waals surface area contributed by atoms with E-state index in [1.54, 1.807) is 24.3 Å². The minimum Gasteiger partial charge on any atom is -0.455 e. The maximum atomic E-state index is 12.2. The van der Waals surface area contributed by atoms with E-state index in [-0.39, 0.29) is 23.5 Å². The molecule has 118 valence electrons. The molecule has 3 rings (SSSR count). The summed E-state index contributed by atoms with van der Waals surface area (Å²) in [6.07, 6.45) is 1.22. The van der Waals surface area contributed by atoms with Gasteiger partial charge in [0.15, 0.2) is 0 Å². The van der Waals surface area contributed by atoms with Crippen LogP contribution in [0.15, 0.2) is 30.3 Å².